The lowest BCUT2D eigenvalue weighted by Crippen LogP contribution is -2.46. The summed E-state index contributed by atoms with van der Waals surface area (Å²) in [5.74, 6) is -1.08. The minimum Gasteiger partial charge on any atom is -0.481 e. The molecule has 0 saturated carbocycles. The first-order valence-electron chi connectivity index (χ1n) is 10.9. The average molecular weight is 505 g/mol. The second-order valence-electron chi connectivity index (χ2n) is 8.45. The Morgan fingerprint density at radius 1 is 1.21 bits per heavy atom. The van der Waals surface area contributed by atoms with Crippen LogP contribution in [-0.4, -0.2) is 46.1 Å². The van der Waals surface area contributed by atoms with Crippen LogP contribution in [0, 0.1) is 11.7 Å². The summed E-state index contributed by atoms with van der Waals surface area (Å²) in [4.78, 5) is 30.0. The Morgan fingerprint density at radius 2 is 2.00 bits per heavy atom. The van der Waals surface area contributed by atoms with Crippen LogP contribution in [0.25, 0.3) is 22.0 Å². The fourth-order valence-electron chi connectivity index (χ4n) is 4.37. The van der Waals surface area contributed by atoms with Crippen molar-refractivity contribution >= 4 is 46.0 Å². The van der Waals surface area contributed by atoms with Crippen molar-refractivity contribution < 1.29 is 23.8 Å². The van der Waals surface area contributed by atoms with E-state index in [4.69, 9.17) is 33.0 Å². The van der Waals surface area contributed by atoms with Crippen LogP contribution in [0.5, 0.6) is 5.75 Å². The molecule has 1 saturated heterocycles. The third-order valence-electron chi connectivity index (χ3n) is 5.93. The van der Waals surface area contributed by atoms with Crippen LogP contribution >= 0.6 is 23.2 Å². The van der Waals surface area contributed by atoms with Crippen LogP contribution in [0.4, 0.5) is 4.39 Å². The standard InChI is InChI=1S/C25H23Cl2FN2O4/c1-14(25(33)30-8-2-3-15(13-30)9-24(31)32)34-17-5-7-19-20(12-23(27)29-22(19)11-17)18-6-4-16(28)10-21(18)26/h4-7,10-12,14-15H,2-3,8-9,13H2,1H3,(H,31,32)/t14-,15-/m1/s1. The summed E-state index contributed by atoms with van der Waals surface area (Å²) in [7, 11) is 0. The fraction of sp³-hybridized carbons (Fsp3) is 0.320. The maximum absolute atomic E-state index is 13.5. The number of aliphatic carboxylic acids is 1. The molecule has 2 heterocycles. The number of benzene rings is 2. The van der Waals surface area contributed by atoms with Crippen LogP contribution in [-0.2, 0) is 9.59 Å². The highest BCUT2D eigenvalue weighted by Gasteiger charge is 2.29. The molecule has 9 heteroatoms. The van der Waals surface area contributed by atoms with Gasteiger partial charge in [0.25, 0.3) is 5.91 Å². The molecular weight excluding hydrogens is 482 g/mol. The fourth-order valence-corrected chi connectivity index (χ4v) is 4.84. The SMILES string of the molecule is C[C@@H](Oc1ccc2c(-c3ccc(F)cc3Cl)cc(Cl)nc2c1)C(=O)N1CCC[C@H](CC(=O)O)C1. The first-order chi connectivity index (χ1) is 16.2. The lowest BCUT2D eigenvalue weighted by molar-refractivity contribution is -0.143. The number of halogens is 3. The van der Waals surface area contributed by atoms with Gasteiger partial charge in [0.15, 0.2) is 6.10 Å². The molecule has 1 fully saturated rings. The number of nitrogens with zero attached hydrogens (tertiary/aromatic N) is 2. The Labute approximate surface area is 206 Å². The summed E-state index contributed by atoms with van der Waals surface area (Å²) in [5.41, 5.74) is 1.86. The Morgan fingerprint density at radius 3 is 2.74 bits per heavy atom. The van der Waals surface area contributed by atoms with E-state index in [0.29, 0.717) is 35.5 Å². The number of carbonyl (C=O) groups excluding carboxylic acids is 1. The third-order valence-corrected chi connectivity index (χ3v) is 6.43. The lowest BCUT2D eigenvalue weighted by atomic mass is 9.94. The number of pyridine rings is 1. The first-order valence-corrected chi connectivity index (χ1v) is 11.7. The molecule has 2 aromatic carbocycles. The molecule has 1 N–H and O–H groups in total. The van der Waals surface area contributed by atoms with E-state index in [2.05, 4.69) is 4.98 Å². The molecule has 0 aliphatic carbocycles. The molecule has 0 radical (unpaired) electrons. The Hall–Kier alpha value is -2.90. The van der Waals surface area contributed by atoms with Crippen molar-refractivity contribution in [3.8, 4) is 16.9 Å². The Balaban J connectivity index is 1.55. The van der Waals surface area contributed by atoms with E-state index in [-0.39, 0.29) is 28.4 Å². The van der Waals surface area contributed by atoms with Gasteiger partial charge in [-0.2, -0.15) is 0 Å². The van der Waals surface area contributed by atoms with E-state index in [1.54, 1.807) is 42.2 Å². The zero-order valence-corrected chi connectivity index (χ0v) is 19.9. The second kappa shape index (κ2) is 10.2. The van der Waals surface area contributed by atoms with Gasteiger partial charge >= 0.3 is 5.97 Å². The zero-order chi connectivity index (χ0) is 24.4. The highest BCUT2D eigenvalue weighted by molar-refractivity contribution is 6.34. The third kappa shape index (κ3) is 5.42. The first kappa shape index (κ1) is 24.2. The number of rotatable bonds is 6. The van der Waals surface area contributed by atoms with Crippen molar-refractivity contribution in [3.63, 3.8) is 0 Å². The molecule has 0 bridgehead atoms. The van der Waals surface area contributed by atoms with E-state index in [0.717, 1.165) is 18.2 Å². The van der Waals surface area contributed by atoms with Crippen LogP contribution in [0.2, 0.25) is 10.2 Å². The van der Waals surface area contributed by atoms with Crippen molar-refractivity contribution in [1.82, 2.24) is 9.88 Å². The van der Waals surface area contributed by atoms with E-state index in [1.807, 2.05) is 0 Å². The number of hydrogen-bond acceptors (Lipinski definition) is 4. The Kier molecular flexibility index (Phi) is 7.24. The van der Waals surface area contributed by atoms with Crippen LogP contribution in [0.1, 0.15) is 26.2 Å². The molecule has 3 aromatic rings. The van der Waals surface area contributed by atoms with Crippen LogP contribution < -0.4 is 4.74 Å². The van der Waals surface area contributed by atoms with Gasteiger partial charge in [0.1, 0.15) is 16.7 Å². The van der Waals surface area contributed by atoms with Crippen molar-refractivity contribution in [3.05, 3.63) is 58.5 Å². The monoisotopic (exact) mass is 504 g/mol. The predicted molar refractivity (Wildman–Crippen MR) is 129 cm³/mol. The number of fused-ring (bicyclic) bond motifs is 1. The molecule has 1 amide bonds. The van der Waals surface area contributed by atoms with Gasteiger partial charge in [-0.1, -0.05) is 23.2 Å². The topological polar surface area (TPSA) is 79.7 Å². The van der Waals surface area contributed by atoms with Gasteiger partial charge in [0, 0.05) is 36.5 Å². The summed E-state index contributed by atoms with van der Waals surface area (Å²) in [5, 5.41) is 10.3. The molecular formula is C25H23Cl2FN2O4. The van der Waals surface area contributed by atoms with Gasteiger partial charge in [-0.25, -0.2) is 9.37 Å². The molecule has 4 rings (SSSR count). The molecule has 0 unspecified atom stereocenters. The summed E-state index contributed by atoms with van der Waals surface area (Å²) in [6.45, 7) is 2.66. The predicted octanol–water partition coefficient (Wildman–Crippen LogP) is 5.83. The van der Waals surface area contributed by atoms with E-state index < -0.39 is 17.9 Å². The lowest BCUT2D eigenvalue weighted by Gasteiger charge is -2.33. The molecule has 1 aromatic heterocycles. The van der Waals surface area contributed by atoms with Gasteiger partial charge in [-0.3, -0.25) is 9.59 Å². The van der Waals surface area contributed by atoms with Crippen molar-refractivity contribution in [2.45, 2.75) is 32.3 Å². The van der Waals surface area contributed by atoms with E-state index >= 15 is 0 Å². The van der Waals surface area contributed by atoms with Crippen molar-refractivity contribution in [1.29, 1.82) is 0 Å². The van der Waals surface area contributed by atoms with Gasteiger partial charge in [-0.15, -0.1) is 0 Å². The number of carbonyl (C=O) groups is 2. The number of aromatic nitrogens is 1. The number of piperidine rings is 1. The summed E-state index contributed by atoms with van der Waals surface area (Å²) >= 11 is 12.5. The number of carboxylic acid groups (broad SMARTS) is 1. The van der Waals surface area contributed by atoms with Crippen LogP contribution in [0.15, 0.2) is 42.5 Å². The maximum atomic E-state index is 13.5. The average Bonchev–Trinajstić information content (AvgIpc) is 2.77. The largest absolute Gasteiger partial charge is 0.481 e. The Bertz CT molecular complexity index is 1250. The minimum atomic E-state index is -0.854. The van der Waals surface area contributed by atoms with Gasteiger partial charge < -0.3 is 14.7 Å². The molecule has 34 heavy (non-hydrogen) atoms. The maximum Gasteiger partial charge on any atom is 0.303 e. The zero-order valence-electron chi connectivity index (χ0n) is 18.4. The smallest absolute Gasteiger partial charge is 0.303 e. The van der Waals surface area contributed by atoms with E-state index in [1.165, 1.54) is 12.1 Å². The van der Waals surface area contributed by atoms with Gasteiger partial charge in [0.05, 0.1) is 10.5 Å². The number of amides is 1. The molecule has 1 aliphatic rings. The number of ether oxygens (including phenoxy) is 1. The quantitative estimate of drug-likeness (QED) is 0.427. The molecule has 2 atom stereocenters. The van der Waals surface area contributed by atoms with Crippen LogP contribution in [0.3, 0.4) is 0 Å². The highest BCUT2D eigenvalue weighted by Crippen LogP contribution is 2.36. The van der Waals surface area contributed by atoms with Gasteiger partial charge in [-0.05, 0) is 67.6 Å². The van der Waals surface area contributed by atoms with Crippen molar-refractivity contribution in [2.75, 3.05) is 13.1 Å². The molecule has 0 spiro atoms. The number of hydrogen-bond donors (Lipinski definition) is 1. The summed E-state index contributed by atoms with van der Waals surface area (Å²) < 4.78 is 19.4. The van der Waals surface area contributed by atoms with E-state index in [9.17, 15) is 14.0 Å². The highest BCUT2D eigenvalue weighted by atomic mass is 35.5. The number of likely N-dealkylation sites (tertiary alicyclic amines) is 1. The normalized spacial score (nSPS) is 16.9. The van der Waals surface area contributed by atoms with Crippen molar-refractivity contribution in [2.24, 2.45) is 5.92 Å². The molecule has 1 aliphatic heterocycles. The molecule has 178 valence electrons. The second-order valence-corrected chi connectivity index (χ2v) is 9.24. The summed E-state index contributed by atoms with van der Waals surface area (Å²) in [6.07, 6.45) is 0.856. The summed E-state index contributed by atoms with van der Waals surface area (Å²) in [6, 6.07) is 11.0. The number of carboxylic acids is 1. The molecule has 6 nitrogen and oxygen atoms in total. The minimum absolute atomic E-state index is 0.0499. The van der Waals surface area contributed by atoms with Gasteiger partial charge in [0.2, 0.25) is 0 Å².